The average molecular weight is 282 g/mol. The molecule has 1 N–H and O–H groups in total. The molecule has 0 amide bonds. The molecule has 0 aromatic heterocycles. The summed E-state index contributed by atoms with van der Waals surface area (Å²) in [5.41, 5.74) is 4.11. The van der Waals surface area contributed by atoms with Crippen LogP contribution in [0.3, 0.4) is 0 Å². The minimum absolute atomic E-state index is 0.771. The van der Waals surface area contributed by atoms with Gasteiger partial charge >= 0.3 is 5.97 Å². The molecule has 0 heterocycles. The van der Waals surface area contributed by atoms with E-state index < -0.39 is 5.97 Å². The normalized spacial score (nSPS) is 10.8. The number of aryl methyl sites for hydroxylation is 3. The van der Waals surface area contributed by atoms with Crippen LogP contribution in [0.5, 0.6) is 11.5 Å². The molecule has 0 saturated heterocycles. The zero-order valence-electron chi connectivity index (χ0n) is 12.4. The topological polar surface area (TPSA) is 46.5 Å². The van der Waals surface area contributed by atoms with E-state index in [0.29, 0.717) is 0 Å². The Labute approximate surface area is 124 Å². The van der Waals surface area contributed by atoms with E-state index >= 15 is 0 Å². The van der Waals surface area contributed by atoms with Gasteiger partial charge in [0.1, 0.15) is 11.5 Å². The quantitative estimate of drug-likeness (QED) is 0.840. The summed E-state index contributed by atoms with van der Waals surface area (Å²) in [6, 6.07) is 11.7. The van der Waals surface area contributed by atoms with Crippen molar-refractivity contribution in [3.05, 3.63) is 64.7 Å². The molecule has 0 spiro atoms. The lowest BCUT2D eigenvalue weighted by molar-refractivity contribution is -0.131. The van der Waals surface area contributed by atoms with Gasteiger partial charge in [-0.15, -0.1) is 0 Å². The van der Waals surface area contributed by atoms with Gasteiger partial charge < -0.3 is 9.84 Å². The summed E-state index contributed by atoms with van der Waals surface area (Å²) in [6.07, 6.45) is 2.69. The van der Waals surface area contributed by atoms with Crippen LogP contribution >= 0.6 is 0 Å². The first-order chi connectivity index (χ1) is 9.94. The van der Waals surface area contributed by atoms with Crippen molar-refractivity contribution in [2.75, 3.05) is 0 Å². The van der Waals surface area contributed by atoms with Crippen molar-refractivity contribution < 1.29 is 14.6 Å². The Hall–Kier alpha value is -2.55. The van der Waals surface area contributed by atoms with E-state index in [2.05, 4.69) is 6.07 Å². The Balaban J connectivity index is 2.23. The lowest BCUT2D eigenvalue weighted by atomic mass is 10.1. The second-order valence-corrected chi connectivity index (χ2v) is 5.12. The molecule has 0 unspecified atom stereocenters. The van der Waals surface area contributed by atoms with Gasteiger partial charge in [0.05, 0.1) is 0 Å². The molecule has 0 aliphatic heterocycles. The molecule has 3 heteroatoms. The van der Waals surface area contributed by atoms with Gasteiger partial charge in [-0.2, -0.15) is 0 Å². The highest BCUT2D eigenvalue weighted by Gasteiger charge is 2.03. The van der Waals surface area contributed by atoms with Crippen molar-refractivity contribution in [3.8, 4) is 11.5 Å². The first kappa shape index (κ1) is 14.9. The van der Waals surface area contributed by atoms with Gasteiger partial charge in [-0.05, 0) is 73.4 Å². The van der Waals surface area contributed by atoms with Crippen LogP contribution in [0.4, 0.5) is 0 Å². The first-order valence-electron chi connectivity index (χ1n) is 6.72. The summed E-state index contributed by atoms with van der Waals surface area (Å²) in [7, 11) is 0. The van der Waals surface area contributed by atoms with E-state index in [1.54, 1.807) is 6.08 Å². The predicted molar refractivity (Wildman–Crippen MR) is 83.8 cm³/mol. The fraction of sp³-hybridized carbons (Fsp3) is 0.167. The highest BCUT2D eigenvalue weighted by atomic mass is 16.5. The third-order valence-electron chi connectivity index (χ3n) is 3.04. The second kappa shape index (κ2) is 6.27. The minimum atomic E-state index is -0.955. The zero-order valence-corrected chi connectivity index (χ0v) is 12.4. The molecule has 0 radical (unpaired) electrons. The van der Waals surface area contributed by atoms with E-state index in [-0.39, 0.29) is 0 Å². The van der Waals surface area contributed by atoms with Crippen molar-refractivity contribution in [2.24, 2.45) is 0 Å². The molecule has 0 aliphatic carbocycles. The fourth-order valence-corrected chi connectivity index (χ4v) is 2.18. The monoisotopic (exact) mass is 282 g/mol. The van der Waals surface area contributed by atoms with Crippen LogP contribution < -0.4 is 4.74 Å². The Morgan fingerprint density at radius 1 is 1.05 bits per heavy atom. The summed E-state index contributed by atoms with van der Waals surface area (Å²) in [4.78, 5) is 10.5. The molecular formula is C18H18O3. The summed E-state index contributed by atoms with van der Waals surface area (Å²) in [6.45, 7) is 6.01. The number of benzene rings is 2. The number of rotatable bonds is 4. The molecule has 108 valence electrons. The van der Waals surface area contributed by atoms with Gasteiger partial charge in [-0.3, -0.25) is 0 Å². The van der Waals surface area contributed by atoms with E-state index in [9.17, 15) is 4.79 Å². The number of ether oxygens (including phenoxy) is 1. The van der Waals surface area contributed by atoms with Crippen molar-refractivity contribution in [2.45, 2.75) is 20.8 Å². The number of hydrogen-bond acceptors (Lipinski definition) is 2. The van der Waals surface area contributed by atoms with E-state index in [0.717, 1.165) is 39.8 Å². The minimum Gasteiger partial charge on any atom is -0.478 e. The largest absolute Gasteiger partial charge is 0.478 e. The number of carboxylic acids is 1. The zero-order chi connectivity index (χ0) is 15.4. The van der Waals surface area contributed by atoms with Gasteiger partial charge in [-0.25, -0.2) is 4.79 Å². The van der Waals surface area contributed by atoms with E-state index in [1.165, 1.54) is 0 Å². The molecule has 0 atom stereocenters. The van der Waals surface area contributed by atoms with Gasteiger partial charge in [0, 0.05) is 6.08 Å². The predicted octanol–water partition coefficient (Wildman–Crippen LogP) is 4.50. The van der Waals surface area contributed by atoms with Crippen LogP contribution in [0.25, 0.3) is 6.08 Å². The Kier molecular flexibility index (Phi) is 4.43. The van der Waals surface area contributed by atoms with Crippen molar-refractivity contribution >= 4 is 12.0 Å². The number of carboxylic acid groups (broad SMARTS) is 1. The van der Waals surface area contributed by atoms with Crippen LogP contribution in [0.15, 0.2) is 42.5 Å². The molecule has 2 aromatic rings. The molecule has 2 rings (SSSR count). The van der Waals surface area contributed by atoms with Gasteiger partial charge in [-0.1, -0.05) is 12.1 Å². The first-order valence-corrected chi connectivity index (χ1v) is 6.72. The highest BCUT2D eigenvalue weighted by molar-refractivity contribution is 5.85. The SMILES string of the molecule is Cc1cc(C)cc(Oc2ccc(C=CC(=O)O)cc2C)c1. The Morgan fingerprint density at radius 3 is 2.29 bits per heavy atom. The third-order valence-corrected chi connectivity index (χ3v) is 3.04. The Bertz CT molecular complexity index is 679. The summed E-state index contributed by atoms with van der Waals surface area (Å²) in [5, 5.41) is 8.63. The maximum Gasteiger partial charge on any atom is 0.328 e. The molecule has 21 heavy (non-hydrogen) atoms. The highest BCUT2D eigenvalue weighted by Crippen LogP contribution is 2.27. The molecule has 0 fully saturated rings. The fourth-order valence-electron chi connectivity index (χ4n) is 2.18. The standard InChI is InChI=1S/C18H18O3/c1-12-8-13(2)10-16(9-12)21-17-6-4-15(11-14(17)3)5-7-18(19)20/h4-11H,1-3H3,(H,19,20). The molecule has 0 aliphatic rings. The molecule has 3 nitrogen and oxygen atoms in total. The maximum absolute atomic E-state index is 10.5. The lowest BCUT2D eigenvalue weighted by Crippen LogP contribution is -1.90. The molecule has 0 saturated carbocycles. The molecule has 0 bridgehead atoms. The van der Waals surface area contributed by atoms with Crippen molar-refractivity contribution in [1.29, 1.82) is 0 Å². The summed E-state index contributed by atoms with van der Waals surface area (Å²) in [5.74, 6) is 0.625. The van der Waals surface area contributed by atoms with Crippen LogP contribution in [0, 0.1) is 20.8 Å². The number of aliphatic carboxylic acids is 1. The molecule has 2 aromatic carbocycles. The maximum atomic E-state index is 10.5. The van der Waals surface area contributed by atoms with Gasteiger partial charge in [0.15, 0.2) is 0 Å². The summed E-state index contributed by atoms with van der Waals surface area (Å²) >= 11 is 0. The van der Waals surface area contributed by atoms with Crippen molar-refractivity contribution in [3.63, 3.8) is 0 Å². The van der Waals surface area contributed by atoms with Crippen LogP contribution in [-0.4, -0.2) is 11.1 Å². The van der Waals surface area contributed by atoms with Crippen molar-refractivity contribution in [1.82, 2.24) is 0 Å². The van der Waals surface area contributed by atoms with Crippen LogP contribution in [-0.2, 0) is 4.79 Å². The number of carbonyl (C=O) groups is 1. The molecular weight excluding hydrogens is 264 g/mol. The lowest BCUT2D eigenvalue weighted by Gasteiger charge is -2.11. The van der Waals surface area contributed by atoms with Gasteiger partial charge in [0.25, 0.3) is 0 Å². The van der Waals surface area contributed by atoms with Gasteiger partial charge in [0.2, 0.25) is 0 Å². The van der Waals surface area contributed by atoms with Crippen LogP contribution in [0.2, 0.25) is 0 Å². The third kappa shape index (κ3) is 4.21. The number of hydrogen-bond donors (Lipinski definition) is 1. The average Bonchev–Trinajstić information content (AvgIpc) is 2.38. The smallest absolute Gasteiger partial charge is 0.328 e. The second-order valence-electron chi connectivity index (χ2n) is 5.12. The van der Waals surface area contributed by atoms with Crippen LogP contribution in [0.1, 0.15) is 22.3 Å². The van der Waals surface area contributed by atoms with E-state index in [1.807, 2.05) is 51.1 Å². The Morgan fingerprint density at radius 2 is 1.71 bits per heavy atom. The summed E-state index contributed by atoms with van der Waals surface area (Å²) < 4.78 is 5.91. The van der Waals surface area contributed by atoms with E-state index in [4.69, 9.17) is 9.84 Å².